The highest BCUT2D eigenvalue weighted by molar-refractivity contribution is 7.11. The maximum atomic E-state index is 10.6. The molecular formula is C26H30O3S. The average molecular weight is 423 g/mol. The van der Waals surface area contributed by atoms with Gasteiger partial charge in [-0.2, -0.15) is 0 Å². The zero-order valence-corrected chi connectivity index (χ0v) is 18.2. The second-order valence-corrected chi connectivity index (χ2v) is 9.69. The van der Waals surface area contributed by atoms with Crippen molar-refractivity contribution in [3.8, 4) is 0 Å². The molecule has 1 fully saturated rings. The van der Waals surface area contributed by atoms with Crippen molar-refractivity contribution in [3.63, 3.8) is 0 Å². The molecule has 158 valence electrons. The quantitative estimate of drug-likeness (QED) is 0.511. The van der Waals surface area contributed by atoms with Gasteiger partial charge in [-0.3, -0.25) is 0 Å². The molecule has 4 unspecified atom stereocenters. The topological polar surface area (TPSA) is 49.7 Å². The summed E-state index contributed by atoms with van der Waals surface area (Å²) in [5.41, 5.74) is 3.32. The van der Waals surface area contributed by atoms with Gasteiger partial charge in [0.15, 0.2) is 0 Å². The van der Waals surface area contributed by atoms with Crippen LogP contribution in [0.15, 0.2) is 66.7 Å². The lowest BCUT2D eigenvalue weighted by Gasteiger charge is -2.23. The van der Waals surface area contributed by atoms with E-state index in [1.54, 1.807) is 11.3 Å². The number of thiophene rings is 1. The zero-order chi connectivity index (χ0) is 20.9. The van der Waals surface area contributed by atoms with Crippen LogP contribution in [0.1, 0.15) is 51.3 Å². The highest BCUT2D eigenvalue weighted by Gasteiger charge is 2.36. The summed E-state index contributed by atoms with van der Waals surface area (Å²) in [6.07, 6.45) is 1.62. The molecule has 3 nitrogen and oxygen atoms in total. The fourth-order valence-corrected chi connectivity index (χ4v) is 5.37. The number of benzene rings is 2. The number of aryl methyl sites for hydroxylation is 1. The van der Waals surface area contributed by atoms with E-state index in [4.69, 9.17) is 4.74 Å². The van der Waals surface area contributed by atoms with Crippen molar-refractivity contribution in [1.29, 1.82) is 0 Å². The first-order chi connectivity index (χ1) is 14.6. The van der Waals surface area contributed by atoms with Crippen LogP contribution < -0.4 is 0 Å². The molecule has 3 aromatic rings. The van der Waals surface area contributed by atoms with Crippen LogP contribution in [0.2, 0.25) is 0 Å². The Balaban J connectivity index is 1.37. The van der Waals surface area contributed by atoms with Gasteiger partial charge in [0.25, 0.3) is 0 Å². The van der Waals surface area contributed by atoms with Gasteiger partial charge in [0.05, 0.1) is 25.4 Å². The third-order valence-corrected chi connectivity index (χ3v) is 7.17. The molecule has 30 heavy (non-hydrogen) atoms. The molecule has 4 heteroatoms. The number of rotatable bonds is 8. The molecule has 2 aromatic carbocycles. The van der Waals surface area contributed by atoms with Crippen molar-refractivity contribution < 1.29 is 14.9 Å². The second kappa shape index (κ2) is 9.88. The molecule has 1 aromatic heterocycles. The molecule has 0 radical (unpaired) electrons. The van der Waals surface area contributed by atoms with Gasteiger partial charge in [-0.15, -0.1) is 11.3 Å². The maximum Gasteiger partial charge on any atom is 0.0838 e. The summed E-state index contributed by atoms with van der Waals surface area (Å²) in [6.45, 7) is 3.22. The first kappa shape index (κ1) is 21.3. The van der Waals surface area contributed by atoms with Gasteiger partial charge in [0.2, 0.25) is 0 Å². The molecule has 0 spiro atoms. The maximum absolute atomic E-state index is 10.6. The minimum atomic E-state index is -0.490. The third-order valence-electron chi connectivity index (χ3n) is 6.15. The molecule has 4 atom stereocenters. The first-order valence-electron chi connectivity index (χ1n) is 10.7. The van der Waals surface area contributed by atoms with Gasteiger partial charge >= 0.3 is 0 Å². The molecule has 1 heterocycles. The molecule has 1 saturated carbocycles. The molecule has 0 aliphatic heterocycles. The van der Waals surface area contributed by atoms with Gasteiger partial charge in [0.1, 0.15) is 0 Å². The number of aliphatic hydroxyl groups excluding tert-OH is 2. The smallest absolute Gasteiger partial charge is 0.0838 e. The molecule has 2 N–H and O–H groups in total. The number of ether oxygens (including phenoxy) is 1. The molecule has 4 rings (SSSR count). The van der Waals surface area contributed by atoms with Crippen molar-refractivity contribution in [2.24, 2.45) is 5.92 Å². The lowest BCUT2D eigenvalue weighted by molar-refractivity contribution is 0.0311. The van der Waals surface area contributed by atoms with Crippen LogP contribution >= 0.6 is 11.3 Å². The summed E-state index contributed by atoms with van der Waals surface area (Å²) in [4.78, 5) is 2.48. The fraction of sp³-hybridized carbons (Fsp3) is 0.385. The van der Waals surface area contributed by atoms with Gasteiger partial charge in [-0.05, 0) is 54.5 Å². The van der Waals surface area contributed by atoms with Crippen molar-refractivity contribution in [2.75, 3.05) is 6.61 Å². The largest absolute Gasteiger partial charge is 0.393 e. The van der Waals surface area contributed by atoms with Gasteiger partial charge in [-0.1, -0.05) is 54.6 Å². The molecule has 0 amide bonds. The van der Waals surface area contributed by atoms with E-state index >= 15 is 0 Å². The summed E-state index contributed by atoms with van der Waals surface area (Å²) in [5, 5.41) is 21.1. The Morgan fingerprint density at radius 1 is 1.00 bits per heavy atom. The van der Waals surface area contributed by atoms with Gasteiger partial charge in [0, 0.05) is 22.1 Å². The van der Waals surface area contributed by atoms with E-state index in [-0.39, 0.29) is 12.0 Å². The number of aliphatic hydroxyl groups is 2. The highest BCUT2D eigenvalue weighted by Crippen LogP contribution is 2.40. The SMILES string of the molecule is Cc1ccc(CC(O)c2ccc(C3CCC(O)C3COCc3ccccc3)cc2)s1. The molecule has 0 saturated heterocycles. The van der Waals surface area contributed by atoms with Gasteiger partial charge in [-0.25, -0.2) is 0 Å². The Labute approximate surface area is 183 Å². The summed E-state index contributed by atoms with van der Waals surface area (Å²) in [5.74, 6) is 0.403. The van der Waals surface area contributed by atoms with Crippen molar-refractivity contribution in [2.45, 2.75) is 50.9 Å². The lowest BCUT2D eigenvalue weighted by atomic mass is 9.87. The first-order valence-corrected chi connectivity index (χ1v) is 11.5. The van der Waals surface area contributed by atoms with E-state index < -0.39 is 6.10 Å². The molecule has 1 aliphatic rings. The van der Waals surface area contributed by atoms with Crippen molar-refractivity contribution in [3.05, 3.63) is 93.2 Å². The Morgan fingerprint density at radius 2 is 1.77 bits per heavy atom. The Hall–Kier alpha value is -1.98. The third kappa shape index (κ3) is 5.19. The van der Waals surface area contributed by atoms with E-state index in [1.165, 1.54) is 15.3 Å². The van der Waals surface area contributed by atoms with E-state index in [1.807, 2.05) is 30.3 Å². The van der Waals surface area contributed by atoms with Crippen molar-refractivity contribution >= 4 is 11.3 Å². The fourth-order valence-electron chi connectivity index (χ4n) is 4.44. The minimum Gasteiger partial charge on any atom is -0.393 e. The predicted molar refractivity (Wildman–Crippen MR) is 122 cm³/mol. The molecule has 1 aliphatic carbocycles. The Bertz CT molecular complexity index is 919. The van der Waals surface area contributed by atoms with Crippen LogP contribution in [0.4, 0.5) is 0 Å². The predicted octanol–water partition coefficient (Wildman–Crippen LogP) is 5.40. The number of hydrogen-bond donors (Lipinski definition) is 2. The average Bonchev–Trinajstić information content (AvgIpc) is 3.34. The van der Waals surface area contributed by atoms with Crippen LogP contribution in [-0.4, -0.2) is 22.9 Å². The van der Waals surface area contributed by atoms with Crippen LogP contribution in [-0.2, 0) is 17.8 Å². The molecular weight excluding hydrogens is 392 g/mol. The van der Waals surface area contributed by atoms with E-state index in [2.05, 4.69) is 43.3 Å². The monoisotopic (exact) mass is 422 g/mol. The number of hydrogen-bond acceptors (Lipinski definition) is 4. The van der Waals surface area contributed by atoms with E-state index in [9.17, 15) is 10.2 Å². The second-order valence-electron chi connectivity index (χ2n) is 8.31. The van der Waals surface area contributed by atoms with Crippen LogP contribution in [0.25, 0.3) is 0 Å². The highest BCUT2D eigenvalue weighted by atomic mass is 32.1. The Morgan fingerprint density at radius 3 is 2.47 bits per heavy atom. The van der Waals surface area contributed by atoms with Crippen LogP contribution in [0.3, 0.4) is 0 Å². The summed E-state index contributed by atoms with van der Waals surface area (Å²) < 4.78 is 5.96. The minimum absolute atomic E-state index is 0.110. The summed E-state index contributed by atoms with van der Waals surface area (Å²) in [6, 6.07) is 22.6. The Kier molecular flexibility index (Phi) is 7.00. The zero-order valence-electron chi connectivity index (χ0n) is 17.4. The van der Waals surface area contributed by atoms with E-state index in [0.717, 1.165) is 24.0 Å². The van der Waals surface area contributed by atoms with E-state index in [0.29, 0.717) is 25.6 Å². The van der Waals surface area contributed by atoms with Gasteiger partial charge < -0.3 is 14.9 Å². The standard InChI is InChI=1S/C26H30O3S/c1-18-7-12-22(30-18)15-26(28)21-10-8-20(9-11-21)23-13-14-25(27)24(23)17-29-16-19-5-3-2-4-6-19/h2-12,23-28H,13-17H2,1H3. The van der Waals surface area contributed by atoms with Crippen LogP contribution in [0.5, 0.6) is 0 Å². The molecule has 0 bridgehead atoms. The van der Waals surface area contributed by atoms with Crippen molar-refractivity contribution in [1.82, 2.24) is 0 Å². The van der Waals surface area contributed by atoms with Crippen LogP contribution in [0, 0.1) is 12.8 Å². The lowest BCUT2D eigenvalue weighted by Crippen LogP contribution is -2.23. The summed E-state index contributed by atoms with van der Waals surface area (Å²) in [7, 11) is 0. The summed E-state index contributed by atoms with van der Waals surface area (Å²) >= 11 is 1.74. The normalized spacial score (nSPS) is 22.3.